The van der Waals surface area contributed by atoms with Gasteiger partial charge in [-0.1, -0.05) is 334 Å². The third kappa shape index (κ3) is 10.9. The highest BCUT2D eigenvalue weighted by Gasteiger charge is 2.40. The van der Waals surface area contributed by atoms with Gasteiger partial charge in [0.05, 0.1) is 22.4 Å². The quantitative estimate of drug-likeness (QED) is 0.141. The van der Waals surface area contributed by atoms with Gasteiger partial charge in [-0.15, -0.1) is 0 Å². The van der Waals surface area contributed by atoms with Crippen LogP contribution in [0.5, 0.6) is 0 Å². The van der Waals surface area contributed by atoms with E-state index in [9.17, 15) is 0 Å². The van der Waals surface area contributed by atoms with Crippen molar-refractivity contribution in [2.45, 2.75) is 77.0 Å². The van der Waals surface area contributed by atoms with Crippen LogP contribution in [-0.2, 0) is 21.7 Å². The fourth-order valence-corrected chi connectivity index (χ4v) is 22.1. The number of nitrogens with zero attached hydrogens (tertiary/aromatic N) is 4. The first-order chi connectivity index (χ1) is 61.5. The van der Waals surface area contributed by atoms with Crippen molar-refractivity contribution >= 4 is 87.1 Å². The number of pyridine rings is 2. The zero-order valence-corrected chi connectivity index (χ0v) is 71.2. The predicted octanol–water partition coefficient (Wildman–Crippen LogP) is 31.9. The molecular formula is C120H84N4O2. The lowest BCUT2D eigenvalue weighted by Gasteiger charge is -2.22. The summed E-state index contributed by atoms with van der Waals surface area (Å²) in [6.45, 7) is 18.8. The van der Waals surface area contributed by atoms with Crippen LogP contribution in [0.15, 0.2) is 373 Å². The normalized spacial score (nSPS) is 14.3. The first-order valence-corrected chi connectivity index (χ1v) is 44.0. The minimum atomic E-state index is -0.131. The van der Waals surface area contributed by atoms with E-state index in [2.05, 4.69) is 395 Å². The topological polar surface area (TPSA) is 77.8 Å². The molecule has 596 valence electrons. The summed E-state index contributed by atoms with van der Waals surface area (Å²) in [6.07, 6.45) is 0. The number of aromatic nitrogens is 4. The molecular weight excluding hydrogens is 1530 g/mol. The number of oxazole rings is 2. The van der Waals surface area contributed by atoms with Crippen LogP contribution in [-0.4, -0.2) is 19.9 Å². The maximum Gasteiger partial charge on any atom is 0.227 e. The lowest BCUT2D eigenvalue weighted by Crippen LogP contribution is -2.15. The smallest absolute Gasteiger partial charge is 0.227 e. The maximum atomic E-state index is 6.70. The molecule has 4 aliphatic carbocycles. The summed E-state index contributed by atoms with van der Waals surface area (Å²) in [5.41, 5.74) is 41.7. The number of hydrogen-bond acceptors (Lipinski definition) is 6. The summed E-state index contributed by atoms with van der Waals surface area (Å²) in [6, 6.07) is 133. The summed E-state index contributed by atoms with van der Waals surface area (Å²) < 4.78 is 12.9. The van der Waals surface area contributed by atoms with Gasteiger partial charge in [-0.25, -0.2) is 19.9 Å². The molecule has 0 bridgehead atoms. The van der Waals surface area contributed by atoms with E-state index < -0.39 is 0 Å². The Hall–Kier alpha value is -15.2. The third-order valence-corrected chi connectivity index (χ3v) is 28.6. The molecule has 26 rings (SSSR count). The average Bonchev–Trinajstić information content (AvgIpc) is 1.00. The van der Waals surface area contributed by atoms with Crippen molar-refractivity contribution in [2.75, 3.05) is 0 Å². The van der Waals surface area contributed by atoms with E-state index in [0.717, 1.165) is 121 Å². The Labute approximate surface area is 730 Å². The Kier molecular flexibility index (Phi) is 15.8. The van der Waals surface area contributed by atoms with E-state index in [4.69, 9.17) is 28.8 Å². The molecule has 0 aliphatic heterocycles. The molecule has 6 heteroatoms. The number of hydrogen-bond donors (Lipinski definition) is 0. The molecule has 4 heterocycles. The zero-order chi connectivity index (χ0) is 84.4. The second kappa shape index (κ2) is 27.1. The van der Waals surface area contributed by atoms with E-state index in [0.29, 0.717) is 11.8 Å². The predicted molar refractivity (Wildman–Crippen MR) is 522 cm³/mol. The van der Waals surface area contributed by atoms with Gasteiger partial charge in [0.25, 0.3) is 0 Å². The van der Waals surface area contributed by atoms with Crippen molar-refractivity contribution in [3.63, 3.8) is 0 Å². The van der Waals surface area contributed by atoms with Gasteiger partial charge >= 0.3 is 0 Å². The van der Waals surface area contributed by atoms with Crippen LogP contribution in [0, 0.1) is 0 Å². The second-order valence-electron chi connectivity index (χ2n) is 37.0. The summed E-state index contributed by atoms with van der Waals surface area (Å²) in [7, 11) is 0. The van der Waals surface area contributed by atoms with Crippen LogP contribution in [0.3, 0.4) is 0 Å². The van der Waals surface area contributed by atoms with Crippen molar-refractivity contribution in [3.8, 4) is 134 Å². The average molecular weight is 1610 g/mol. The highest BCUT2D eigenvalue weighted by molar-refractivity contribution is 6.23. The van der Waals surface area contributed by atoms with Crippen molar-refractivity contribution in [1.29, 1.82) is 0 Å². The Bertz CT molecular complexity index is 8350. The molecule has 0 unspecified atom stereocenters. The molecule has 18 aromatic carbocycles. The van der Waals surface area contributed by atoms with Gasteiger partial charge in [-0.3, -0.25) is 0 Å². The van der Waals surface area contributed by atoms with Gasteiger partial charge in [0, 0.05) is 76.2 Å². The van der Waals surface area contributed by atoms with Crippen LogP contribution in [0.1, 0.15) is 99.9 Å². The molecule has 126 heavy (non-hydrogen) atoms. The molecule has 0 atom stereocenters. The Balaban J connectivity index is 0.000000139. The SMILES string of the molecule is CC1(C)c2ccccc2-c2ccc(-c3cc(-c4ccc(-c5nc6c7ccccc7c7ccccc7c6o5)cc4)c4cc(-c5ccc6c(c5)C(C)(C)c5ccccc5-6)c5ccccc5c4n3)cc21.CC1(C)c2ccccc2-c2ccc(-c3cc(-c4ccc(-c5nc6ccccc6o5)cc4)c4cc(-c5ccc6c(c5)C(C)(C)c5ccccc5-6)c5ccccc5c4n3)cc21. The van der Waals surface area contributed by atoms with Crippen molar-refractivity contribution < 1.29 is 8.83 Å². The van der Waals surface area contributed by atoms with Gasteiger partial charge in [0.1, 0.15) is 11.0 Å². The van der Waals surface area contributed by atoms with Gasteiger partial charge in [-0.05, 0) is 240 Å². The Morgan fingerprint density at radius 2 is 0.476 bits per heavy atom. The van der Waals surface area contributed by atoms with Gasteiger partial charge in [0.2, 0.25) is 11.8 Å². The van der Waals surface area contributed by atoms with Gasteiger partial charge < -0.3 is 8.83 Å². The number of para-hydroxylation sites is 2. The third-order valence-electron chi connectivity index (χ3n) is 28.6. The molecule has 0 saturated carbocycles. The Morgan fingerprint density at radius 3 is 0.889 bits per heavy atom. The minimum Gasteiger partial charge on any atom is -0.436 e. The summed E-state index contributed by atoms with van der Waals surface area (Å²) >= 11 is 0. The summed E-state index contributed by atoms with van der Waals surface area (Å²) in [5, 5.41) is 11.4. The number of rotatable bonds is 8. The van der Waals surface area contributed by atoms with Crippen molar-refractivity contribution in [3.05, 3.63) is 408 Å². The zero-order valence-electron chi connectivity index (χ0n) is 71.2. The Morgan fingerprint density at radius 1 is 0.183 bits per heavy atom. The van der Waals surface area contributed by atoms with Crippen LogP contribution in [0.4, 0.5) is 0 Å². The van der Waals surface area contributed by atoms with Crippen LogP contribution in [0.2, 0.25) is 0 Å². The standard InChI is InChI=1S/C64H44N2O.C56H40N2O/c1-63(2)54-23-13-11-18-44(54)46-31-29-39(33-56(46)63)51-35-53-52(37-25-27-38(28-26-37)62-66-60-49-21-9-5-15-41(49)42-16-7-10-22-50(42)61(60)67-62)36-58(65-59(53)48-20-8-6-17-43(48)51)40-30-32-47-45-19-12-14-24-55(45)64(3,4)57(47)34-40;1-55(2)46-17-9-7-14-38(46)40-27-25-35(29-48(40)55)43-31-45-44(33-21-23-34(24-22-33)54-58-50-19-11-12-20-52(50)59-54)32-51(57-53(45)42-16-6-5-13-37(42)43)36-26-28-41-39-15-8-10-18-47(39)56(3,4)49(41)30-36/h5-36H,1-4H3;5-32H,1-4H3. The lowest BCUT2D eigenvalue weighted by molar-refractivity contribution is 0.620. The number of fused-ring (bicyclic) bond motifs is 25. The largest absolute Gasteiger partial charge is 0.436 e. The van der Waals surface area contributed by atoms with Crippen molar-refractivity contribution in [2.24, 2.45) is 0 Å². The fraction of sp³-hybridized carbons (Fsp3) is 0.100. The molecule has 0 saturated heterocycles. The summed E-state index contributed by atoms with van der Waals surface area (Å²) in [4.78, 5) is 21.2. The molecule has 0 N–H and O–H groups in total. The molecule has 6 nitrogen and oxygen atoms in total. The second-order valence-corrected chi connectivity index (χ2v) is 37.0. The van der Waals surface area contributed by atoms with E-state index >= 15 is 0 Å². The van der Waals surface area contributed by atoms with Crippen LogP contribution >= 0.6 is 0 Å². The van der Waals surface area contributed by atoms with Crippen LogP contribution in [0.25, 0.3) is 222 Å². The highest BCUT2D eigenvalue weighted by atomic mass is 16.4. The van der Waals surface area contributed by atoms with Gasteiger partial charge in [-0.2, -0.15) is 0 Å². The number of benzene rings is 18. The first-order valence-electron chi connectivity index (χ1n) is 44.0. The van der Waals surface area contributed by atoms with Gasteiger partial charge in [0.15, 0.2) is 11.2 Å². The maximum absolute atomic E-state index is 6.70. The summed E-state index contributed by atoms with van der Waals surface area (Å²) in [5.74, 6) is 1.23. The van der Waals surface area contributed by atoms with E-state index in [1.165, 1.54) is 133 Å². The van der Waals surface area contributed by atoms with Crippen molar-refractivity contribution in [1.82, 2.24) is 19.9 Å². The molecule has 4 aromatic heterocycles. The lowest BCUT2D eigenvalue weighted by atomic mass is 9.81. The molecule has 0 amide bonds. The first kappa shape index (κ1) is 73.5. The molecule has 0 spiro atoms. The van der Waals surface area contributed by atoms with E-state index in [1.54, 1.807) is 0 Å². The fourth-order valence-electron chi connectivity index (χ4n) is 22.1. The molecule has 4 aliphatic rings. The molecule has 22 aromatic rings. The van der Waals surface area contributed by atoms with E-state index in [-0.39, 0.29) is 21.7 Å². The monoisotopic (exact) mass is 1610 g/mol. The van der Waals surface area contributed by atoms with Crippen LogP contribution < -0.4 is 0 Å². The van der Waals surface area contributed by atoms with E-state index in [1.807, 2.05) is 24.3 Å². The minimum absolute atomic E-state index is 0.0988. The molecule has 0 fully saturated rings. The highest BCUT2D eigenvalue weighted by Crippen LogP contribution is 2.56. The molecule has 0 radical (unpaired) electrons.